The van der Waals surface area contributed by atoms with E-state index in [1.54, 1.807) is 27.7 Å². The van der Waals surface area contributed by atoms with Gasteiger partial charge < -0.3 is 13.9 Å². The smallest absolute Gasteiger partial charge is 0.337 e. The lowest BCUT2D eigenvalue weighted by atomic mass is 10.1. The van der Waals surface area contributed by atoms with Crippen molar-refractivity contribution in [1.82, 2.24) is 4.90 Å². The molecule has 130 valence electrons. The number of rotatable bonds is 12. The molecule has 0 spiro atoms. The molecule has 0 aromatic carbocycles. The van der Waals surface area contributed by atoms with Gasteiger partial charge in [0.15, 0.2) is 0 Å². The molecule has 0 aliphatic rings. The van der Waals surface area contributed by atoms with Crippen LogP contribution in [-0.2, 0) is 23.2 Å². The SMILES string of the molecule is CCCCC(C(=O)C(=O)N(CC)CC)P(=O)(OCC)OCC. The van der Waals surface area contributed by atoms with E-state index < -0.39 is 24.9 Å². The van der Waals surface area contributed by atoms with Crippen LogP contribution in [0.1, 0.15) is 53.9 Å². The Labute approximate surface area is 134 Å². The molecule has 6 nitrogen and oxygen atoms in total. The first-order chi connectivity index (χ1) is 10.4. The predicted octanol–water partition coefficient (Wildman–Crippen LogP) is 3.25. The van der Waals surface area contributed by atoms with Crippen molar-refractivity contribution in [2.24, 2.45) is 0 Å². The molecule has 1 atom stereocenters. The van der Waals surface area contributed by atoms with E-state index in [0.717, 1.165) is 6.42 Å². The van der Waals surface area contributed by atoms with Crippen LogP contribution in [-0.4, -0.2) is 48.6 Å². The molecule has 0 radical (unpaired) electrons. The first kappa shape index (κ1) is 21.3. The highest BCUT2D eigenvalue weighted by molar-refractivity contribution is 7.56. The number of hydrogen-bond donors (Lipinski definition) is 0. The van der Waals surface area contributed by atoms with Gasteiger partial charge in [-0.25, -0.2) is 0 Å². The Morgan fingerprint density at radius 3 is 1.86 bits per heavy atom. The molecule has 0 heterocycles. The minimum Gasteiger partial charge on any atom is -0.337 e. The predicted molar refractivity (Wildman–Crippen MR) is 87.1 cm³/mol. The van der Waals surface area contributed by atoms with E-state index in [4.69, 9.17) is 9.05 Å². The summed E-state index contributed by atoms with van der Waals surface area (Å²) in [7, 11) is -3.63. The first-order valence-corrected chi connectivity index (χ1v) is 9.74. The fraction of sp³-hybridized carbons (Fsp3) is 0.867. The zero-order chi connectivity index (χ0) is 17.2. The summed E-state index contributed by atoms with van der Waals surface area (Å²) in [6, 6.07) is 0. The largest absolute Gasteiger partial charge is 0.341 e. The Morgan fingerprint density at radius 2 is 1.50 bits per heavy atom. The van der Waals surface area contributed by atoms with E-state index >= 15 is 0 Å². The van der Waals surface area contributed by atoms with Crippen molar-refractivity contribution in [3.8, 4) is 0 Å². The average Bonchev–Trinajstić information content (AvgIpc) is 2.48. The summed E-state index contributed by atoms with van der Waals surface area (Å²) >= 11 is 0. The summed E-state index contributed by atoms with van der Waals surface area (Å²) < 4.78 is 23.5. The van der Waals surface area contributed by atoms with Crippen LogP contribution in [0.4, 0.5) is 0 Å². The molecule has 0 rings (SSSR count). The van der Waals surface area contributed by atoms with E-state index in [0.29, 0.717) is 25.9 Å². The molecule has 0 aliphatic carbocycles. The normalized spacial score (nSPS) is 13.0. The van der Waals surface area contributed by atoms with Crippen molar-refractivity contribution < 1.29 is 23.2 Å². The number of ketones is 1. The molecule has 0 aliphatic heterocycles. The highest BCUT2D eigenvalue weighted by Crippen LogP contribution is 2.55. The second-order valence-corrected chi connectivity index (χ2v) is 7.09. The third kappa shape index (κ3) is 5.82. The van der Waals surface area contributed by atoms with Crippen LogP contribution < -0.4 is 0 Å². The van der Waals surface area contributed by atoms with Crippen LogP contribution in [0.3, 0.4) is 0 Å². The van der Waals surface area contributed by atoms with Crippen molar-refractivity contribution in [3.63, 3.8) is 0 Å². The summed E-state index contributed by atoms with van der Waals surface area (Å²) in [5, 5.41) is 0. The number of nitrogens with zero attached hydrogens (tertiary/aromatic N) is 1. The third-order valence-electron chi connectivity index (χ3n) is 3.40. The van der Waals surface area contributed by atoms with Gasteiger partial charge in [-0.05, 0) is 34.1 Å². The zero-order valence-electron chi connectivity index (χ0n) is 14.5. The fourth-order valence-corrected chi connectivity index (χ4v) is 4.27. The lowest BCUT2D eigenvalue weighted by Gasteiger charge is -2.27. The minimum atomic E-state index is -3.63. The summed E-state index contributed by atoms with van der Waals surface area (Å²) in [6.45, 7) is 10.2. The van der Waals surface area contributed by atoms with E-state index in [2.05, 4.69) is 0 Å². The molecule has 0 aromatic rings. The summed E-state index contributed by atoms with van der Waals surface area (Å²) in [6.07, 6.45) is 1.85. The van der Waals surface area contributed by atoms with Gasteiger partial charge in [0, 0.05) is 13.1 Å². The number of Topliss-reactive ketones (excluding diaryl/α,β-unsaturated/α-hetero) is 1. The maximum absolute atomic E-state index is 12.9. The monoisotopic (exact) mass is 335 g/mol. The number of carbonyl (C=O) groups is 2. The molecule has 0 aromatic heterocycles. The van der Waals surface area contributed by atoms with Crippen molar-refractivity contribution in [2.75, 3.05) is 26.3 Å². The van der Waals surface area contributed by atoms with Gasteiger partial charge in [0.25, 0.3) is 5.91 Å². The first-order valence-electron chi connectivity index (χ1n) is 8.13. The molecule has 0 bridgehead atoms. The number of amides is 1. The Bertz CT molecular complexity index is 385. The molecule has 1 amide bonds. The number of hydrogen-bond acceptors (Lipinski definition) is 5. The number of carbonyl (C=O) groups excluding carboxylic acids is 2. The van der Waals surface area contributed by atoms with Gasteiger partial charge in [-0.15, -0.1) is 0 Å². The Kier molecular flexibility index (Phi) is 10.6. The topological polar surface area (TPSA) is 72.9 Å². The summed E-state index contributed by atoms with van der Waals surface area (Å²) in [5.74, 6) is -1.27. The van der Waals surface area contributed by atoms with Crippen molar-refractivity contribution >= 4 is 19.3 Å². The van der Waals surface area contributed by atoms with E-state index in [9.17, 15) is 14.2 Å². The molecule has 0 fully saturated rings. The maximum Gasteiger partial charge on any atom is 0.341 e. The highest BCUT2D eigenvalue weighted by atomic mass is 31.2. The van der Waals surface area contributed by atoms with Crippen LogP contribution in [0.25, 0.3) is 0 Å². The quantitative estimate of drug-likeness (QED) is 0.404. The molecule has 0 saturated heterocycles. The lowest BCUT2D eigenvalue weighted by molar-refractivity contribution is -0.144. The second kappa shape index (κ2) is 10.9. The van der Waals surface area contributed by atoms with Gasteiger partial charge in [-0.1, -0.05) is 19.8 Å². The van der Waals surface area contributed by atoms with Crippen LogP contribution in [0.5, 0.6) is 0 Å². The van der Waals surface area contributed by atoms with Crippen LogP contribution >= 0.6 is 7.60 Å². The van der Waals surface area contributed by atoms with Crippen molar-refractivity contribution in [2.45, 2.75) is 59.5 Å². The molecule has 7 heteroatoms. The lowest BCUT2D eigenvalue weighted by Crippen LogP contribution is -2.41. The standard InChI is InChI=1S/C15H30NO5P/c1-6-11-12-13(22(19,20-9-4)21-10-5)14(17)15(18)16(7-2)8-3/h13H,6-12H2,1-5H3. The Balaban J connectivity index is 5.44. The zero-order valence-corrected chi connectivity index (χ0v) is 15.4. The van der Waals surface area contributed by atoms with E-state index in [-0.39, 0.29) is 13.2 Å². The van der Waals surface area contributed by atoms with Gasteiger partial charge in [-0.2, -0.15) is 0 Å². The average molecular weight is 335 g/mol. The molecule has 0 saturated carbocycles. The van der Waals surface area contributed by atoms with Crippen LogP contribution in [0.15, 0.2) is 0 Å². The van der Waals surface area contributed by atoms with Crippen LogP contribution in [0.2, 0.25) is 0 Å². The molecular formula is C15H30NO5P. The Hall–Kier alpha value is -0.710. The van der Waals surface area contributed by atoms with Gasteiger partial charge >= 0.3 is 7.60 Å². The summed E-state index contributed by atoms with van der Waals surface area (Å²) in [5.41, 5.74) is -1.01. The van der Waals surface area contributed by atoms with E-state index in [1.165, 1.54) is 4.90 Å². The molecular weight excluding hydrogens is 305 g/mol. The number of likely N-dealkylation sites (N-methyl/N-ethyl adjacent to an activating group) is 1. The molecule has 0 N–H and O–H groups in total. The van der Waals surface area contributed by atoms with Gasteiger partial charge in [0.05, 0.1) is 13.2 Å². The van der Waals surface area contributed by atoms with Gasteiger partial charge in [0.2, 0.25) is 5.78 Å². The van der Waals surface area contributed by atoms with E-state index in [1.807, 2.05) is 6.92 Å². The second-order valence-electron chi connectivity index (χ2n) is 4.88. The highest BCUT2D eigenvalue weighted by Gasteiger charge is 2.43. The minimum absolute atomic E-state index is 0.173. The Morgan fingerprint density at radius 1 is 1.00 bits per heavy atom. The van der Waals surface area contributed by atoms with Crippen molar-refractivity contribution in [3.05, 3.63) is 0 Å². The number of unbranched alkanes of at least 4 members (excludes halogenated alkanes) is 1. The summed E-state index contributed by atoms with van der Waals surface area (Å²) in [4.78, 5) is 26.3. The molecule has 22 heavy (non-hydrogen) atoms. The van der Waals surface area contributed by atoms with Crippen LogP contribution in [0, 0.1) is 0 Å². The molecule has 1 unspecified atom stereocenters. The third-order valence-corrected chi connectivity index (χ3v) is 5.89. The maximum atomic E-state index is 12.9. The van der Waals surface area contributed by atoms with Gasteiger partial charge in [0.1, 0.15) is 5.66 Å². The van der Waals surface area contributed by atoms with Crippen molar-refractivity contribution in [1.29, 1.82) is 0 Å². The van der Waals surface area contributed by atoms with Gasteiger partial charge in [-0.3, -0.25) is 14.2 Å². The fourth-order valence-electron chi connectivity index (χ4n) is 2.22.